The van der Waals surface area contributed by atoms with Crippen LogP contribution in [0.15, 0.2) is 18.2 Å². The summed E-state index contributed by atoms with van der Waals surface area (Å²) in [6, 6.07) is 4.36. The van der Waals surface area contributed by atoms with Gasteiger partial charge in [0.25, 0.3) is 5.91 Å². The van der Waals surface area contributed by atoms with Crippen LogP contribution in [0.2, 0.25) is 0 Å². The van der Waals surface area contributed by atoms with Gasteiger partial charge in [-0.1, -0.05) is 13.8 Å². The first-order chi connectivity index (χ1) is 11.3. The Bertz CT molecular complexity index is 680. The van der Waals surface area contributed by atoms with Crippen molar-refractivity contribution in [3.8, 4) is 0 Å². The number of rotatable bonds is 2. The maximum atomic E-state index is 14.3. The predicted molar refractivity (Wildman–Crippen MR) is 97.5 cm³/mol. The molecule has 1 atom stereocenters. The van der Waals surface area contributed by atoms with Crippen LogP contribution in [0.5, 0.6) is 0 Å². The Morgan fingerprint density at radius 2 is 2.04 bits per heavy atom. The molecule has 2 heterocycles. The number of halogens is 2. The van der Waals surface area contributed by atoms with E-state index in [-0.39, 0.29) is 41.2 Å². The van der Waals surface area contributed by atoms with E-state index < -0.39 is 5.82 Å². The molecule has 1 aromatic carbocycles. The molecular weight excluding hydrogens is 345 g/mol. The molecule has 2 fully saturated rings. The third-order valence-corrected chi connectivity index (χ3v) is 5.16. The SMILES string of the molecule is CC1(C)CN(C(=O)c2cc(N3CCCC3=O)ccc2F)CCC1N.Cl. The minimum absolute atomic E-state index is 0. The van der Waals surface area contributed by atoms with E-state index in [9.17, 15) is 14.0 Å². The summed E-state index contributed by atoms with van der Waals surface area (Å²) in [6.45, 7) is 5.68. The third kappa shape index (κ3) is 3.80. The average molecular weight is 370 g/mol. The molecule has 3 rings (SSSR count). The highest BCUT2D eigenvalue weighted by atomic mass is 35.5. The van der Waals surface area contributed by atoms with E-state index in [4.69, 9.17) is 5.73 Å². The number of piperidine rings is 1. The Kier molecular flexibility index (Phi) is 5.74. The van der Waals surface area contributed by atoms with E-state index in [1.54, 1.807) is 15.9 Å². The minimum Gasteiger partial charge on any atom is -0.338 e. The molecule has 2 aliphatic heterocycles. The number of carbonyl (C=O) groups excluding carboxylic acids is 2. The van der Waals surface area contributed by atoms with Gasteiger partial charge in [-0.25, -0.2) is 4.39 Å². The Balaban J connectivity index is 0.00000225. The zero-order valence-corrected chi connectivity index (χ0v) is 15.4. The summed E-state index contributed by atoms with van der Waals surface area (Å²) < 4.78 is 14.3. The van der Waals surface area contributed by atoms with Crippen molar-refractivity contribution < 1.29 is 14.0 Å². The van der Waals surface area contributed by atoms with E-state index in [1.807, 2.05) is 13.8 Å². The lowest BCUT2D eigenvalue weighted by Crippen LogP contribution is -2.54. The van der Waals surface area contributed by atoms with Crippen LogP contribution in [0.25, 0.3) is 0 Å². The van der Waals surface area contributed by atoms with Crippen molar-refractivity contribution in [3.05, 3.63) is 29.6 Å². The van der Waals surface area contributed by atoms with Crippen molar-refractivity contribution in [2.45, 2.75) is 39.2 Å². The lowest BCUT2D eigenvalue weighted by molar-refractivity contribution is -0.117. The smallest absolute Gasteiger partial charge is 0.256 e. The lowest BCUT2D eigenvalue weighted by Gasteiger charge is -2.42. The molecule has 7 heteroatoms. The van der Waals surface area contributed by atoms with Crippen LogP contribution in [0, 0.1) is 11.2 Å². The Hall–Kier alpha value is -1.66. The van der Waals surface area contributed by atoms with Crippen LogP contribution in [-0.4, -0.2) is 42.4 Å². The first kappa shape index (κ1) is 19.7. The van der Waals surface area contributed by atoms with Crippen LogP contribution in [0.3, 0.4) is 0 Å². The molecule has 5 nitrogen and oxygen atoms in total. The highest BCUT2D eigenvalue weighted by Gasteiger charge is 2.36. The second kappa shape index (κ2) is 7.30. The van der Waals surface area contributed by atoms with Crippen LogP contribution < -0.4 is 10.6 Å². The molecule has 0 aliphatic carbocycles. The molecular formula is C18H25ClFN3O2. The minimum atomic E-state index is -0.553. The van der Waals surface area contributed by atoms with Crippen LogP contribution in [0.4, 0.5) is 10.1 Å². The van der Waals surface area contributed by atoms with E-state index in [0.29, 0.717) is 38.2 Å². The molecule has 2 aliphatic rings. The molecule has 0 radical (unpaired) electrons. The average Bonchev–Trinajstić information content (AvgIpc) is 2.96. The summed E-state index contributed by atoms with van der Waals surface area (Å²) in [5, 5.41) is 0. The maximum absolute atomic E-state index is 14.3. The van der Waals surface area contributed by atoms with Crippen molar-refractivity contribution in [1.82, 2.24) is 4.90 Å². The fraction of sp³-hybridized carbons (Fsp3) is 0.556. The number of amides is 2. The number of nitrogens with two attached hydrogens (primary N) is 1. The first-order valence-corrected chi connectivity index (χ1v) is 8.44. The monoisotopic (exact) mass is 369 g/mol. The fourth-order valence-corrected chi connectivity index (χ4v) is 3.48. The molecule has 2 N–H and O–H groups in total. The van der Waals surface area contributed by atoms with Crippen molar-refractivity contribution in [2.24, 2.45) is 11.1 Å². The number of hydrogen-bond donors (Lipinski definition) is 1. The zero-order valence-electron chi connectivity index (χ0n) is 14.6. The summed E-state index contributed by atoms with van der Waals surface area (Å²) in [7, 11) is 0. The molecule has 0 bridgehead atoms. The van der Waals surface area contributed by atoms with Gasteiger partial charge in [-0.15, -0.1) is 12.4 Å². The molecule has 2 amide bonds. The van der Waals surface area contributed by atoms with Gasteiger partial charge < -0.3 is 15.5 Å². The summed E-state index contributed by atoms with van der Waals surface area (Å²) in [5.41, 5.74) is 6.53. The van der Waals surface area contributed by atoms with Gasteiger partial charge in [-0.05, 0) is 36.5 Å². The highest BCUT2D eigenvalue weighted by molar-refractivity contribution is 5.99. The summed E-state index contributed by atoms with van der Waals surface area (Å²) >= 11 is 0. The van der Waals surface area contributed by atoms with Crippen LogP contribution in [-0.2, 0) is 4.79 Å². The standard InChI is InChI=1S/C18H24FN3O2.ClH/c1-18(2)11-21(9-7-15(18)20)17(24)13-10-12(5-6-14(13)19)22-8-3-4-16(22)23;/h5-6,10,15H,3-4,7-9,11,20H2,1-2H3;1H. The molecule has 25 heavy (non-hydrogen) atoms. The Morgan fingerprint density at radius 1 is 1.32 bits per heavy atom. The maximum Gasteiger partial charge on any atom is 0.256 e. The normalized spacial score (nSPS) is 22.7. The van der Waals surface area contributed by atoms with Crippen molar-refractivity contribution in [1.29, 1.82) is 0 Å². The van der Waals surface area contributed by atoms with E-state index in [1.165, 1.54) is 12.1 Å². The Labute approximate surface area is 153 Å². The fourth-order valence-electron chi connectivity index (χ4n) is 3.48. The molecule has 0 saturated carbocycles. The van der Waals surface area contributed by atoms with Gasteiger partial charge in [-0.2, -0.15) is 0 Å². The van der Waals surface area contributed by atoms with E-state index in [0.717, 1.165) is 6.42 Å². The van der Waals surface area contributed by atoms with E-state index in [2.05, 4.69) is 0 Å². The molecule has 138 valence electrons. The van der Waals surface area contributed by atoms with Gasteiger partial charge in [0.15, 0.2) is 0 Å². The molecule has 1 unspecified atom stereocenters. The zero-order chi connectivity index (χ0) is 17.5. The van der Waals surface area contributed by atoms with Gasteiger partial charge >= 0.3 is 0 Å². The second-order valence-corrected chi connectivity index (χ2v) is 7.42. The number of hydrogen-bond acceptors (Lipinski definition) is 3. The number of nitrogens with zero attached hydrogens (tertiary/aromatic N) is 2. The second-order valence-electron chi connectivity index (χ2n) is 7.42. The van der Waals surface area contributed by atoms with Gasteiger partial charge in [0.2, 0.25) is 5.91 Å². The van der Waals surface area contributed by atoms with Crippen molar-refractivity contribution >= 4 is 29.9 Å². The first-order valence-electron chi connectivity index (χ1n) is 8.44. The number of carbonyl (C=O) groups is 2. The quantitative estimate of drug-likeness (QED) is 0.871. The third-order valence-electron chi connectivity index (χ3n) is 5.16. The van der Waals surface area contributed by atoms with Crippen LogP contribution in [0.1, 0.15) is 43.5 Å². The summed E-state index contributed by atoms with van der Waals surface area (Å²) in [5.74, 6) is -0.867. The molecule has 0 spiro atoms. The number of anilines is 1. The van der Waals surface area contributed by atoms with Gasteiger partial charge in [0.05, 0.1) is 5.56 Å². The summed E-state index contributed by atoms with van der Waals surface area (Å²) in [6.07, 6.45) is 1.99. The van der Waals surface area contributed by atoms with Crippen molar-refractivity contribution in [2.75, 3.05) is 24.5 Å². The number of likely N-dealkylation sites (tertiary alicyclic amines) is 1. The Morgan fingerprint density at radius 3 is 2.64 bits per heavy atom. The van der Waals surface area contributed by atoms with Gasteiger partial charge in [0, 0.05) is 37.8 Å². The molecule has 0 aromatic heterocycles. The van der Waals surface area contributed by atoms with Gasteiger partial charge in [-0.3, -0.25) is 9.59 Å². The molecule has 1 aromatic rings. The van der Waals surface area contributed by atoms with E-state index >= 15 is 0 Å². The highest BCUT2D eigenvalue weighted by Crippen LogP contribution is 2.30. The number of benzene rings is 1. The molecule has 2 saturated heterocycles. The topological polar surface area (TPSA) is 66.6 Å². The summed E-state index contributed by atoms with van der Waals surface area (Å²) in [4.78, 5) is 28.0. The lowest BCUT2D eigenvalue weighted by atomic mass is 9.79. The largest absolute Gasteiger partial charge is 0.338 e. The van der Waals surface area contributed by atoms with Crippen molar-refractivity contribution in [3.63, 3.8) is 0 Å². The van der Waals surface area contributed by atoms with Crippen LogP contribution >= 0.6 is 12.4 Å². The predicted octanol–water partition coefficient (Wildman–Crippen LogP) is 2.57. The van der Waals surface area contributed by atoms with Gasteiger partial charge in [0.1, 0.15) is 5.82 Å².